The lowest BCUT2D eigenvalue weighted by Crippen LogP contribution is -2.01. The first-order valence-electron chi connectivity index (χ1n) is 3.82. The third kappa shape index (κ3) is 1.80. The van der Waals surface area contributed by atoms with E-state index in [0.717, 1.165) is 6.42 Å². The highest BCUT2D eigenvalue weighted by Gasteiger charge is 2.13. The largest absolute Gasteiger partial charge is 0.238 e. The summed E-state index contributed by atoms with van der Waals surface area (Å²) in [5.41, 5.74) is 0.486. The van der Waals surface area contributed by atoms with Crippen molar-refractivity contribution in [2.24, 2.45) is 0 Å². The van der Waals surface area contributed by atoms with Gasteiger partial charge in [0, 0.05) is 5.92 Å². The van der Waals surface area contributed by atoms with Gasteiger partial charge in [0.25, 0.3) is 0 Å². The van der Waals surface area contributed by atoms with Gasteiger partial charge >= 0.3 is 0 Å². The zero-order valence-corrected chi connectivity index (χ0v) is 8.60. The van der Waals surface area contributed by atoms with Crippen molar-refractivity contribution >= 4 is 15.9 Å². The topological polar surface area (TPSA) is 25.8 Å². The average molecular weight is 233 g/mol. The predicted molar refractivity (Wildman–Crippen MR) is 48.4 cm³/mol. The van der Waals surface area contributed by atoms with Crippen LogP contribution < -0.4 is 0 Å². The Kier molecular flexibility index (Phi) is 3.14. The van der Waals surface area contributed by atoms with Crippen molar-refractivity contribution < 1.29 is 4.39 Å². The zero-order valence-electron chi connectivity index (χ0n) is 7.01. The Morgan fingerprint density at radius 3 is 2.83 bits per heavy atom. The van der Waals surface area contributed by atoms with E-state index in [0.29, 0.717) is 5.69 Å². The molecule has 1 heterocycles. The highest BCUT2D eigenvalue weighted by molar-refractivity contribution is 9.10. The van der Waals surface area contributed by atoms with Crippen LogP contribution in [-0.2, 0) is 0 Å². The molecule has 0 aromatic carbocycles. The van der Waals surface area contributed by atoms with Crippen LogP contribution in [-0.4, -0.2) is 9.97 Å². The summed E-state index contributed by atoms with van der Waals surface area (Å²) in [4.78, 5) is 7.58. The molecule has 0 radical (unpaired) electrons. The van der Waals surface area contributed by atoms with Crippen molar-refractivity contribution in [3.8, 4) is 0 Å². The molecule has 66 valence electrons. The first kappa shape index (κ1) is 9.58. The van der Waals surface area contributed by atoms with E-state index in [4.69, 9.17) is 0 Å². The third-order valence-corrected chi connectivity index (χ3v) is 2.41. The lowest BCUT2D eigenvalue weighted by atomic mass is 10.1. The fourth-order valence-electron chi connectivity index (χ4n) is 0.898. The Morgan fingerprint density at radius 2 is 2.25 bits per heavy atom. The van der Waals surface area contributed by atoms with Crippen LogP contribution in [0.3, 0.4) is 0 Å². The molecule has 0 amide bonds. The molecule has 4 heteroatoms. The molecule has 0 aliphatic carbocycles. The van der Waals surface area contributed by atoms with E-state index in [1.807, 2.05) is 13.8 Å². The van der Waals surface area contributed by atoms with Gasteiger partial charge in [0.1, 0.15) is 10.9 Å². The maximum atomic E-state index is 13.3. The summed E-state index contributed by atoms with van der Waals surface area (Å²) in [6, 6.07) is 0. The normalized spacial score (nSPS) is 13.0. The minimum atomic E-state index is -0.341. The van der Waals surface area contributed by atoms with E-state index in [-0.39, 0.29) is 16.3 Å². The molecule has 1 atom stereocenters. The summed E-state index contributed by atoms with van der Waals surface area (Å²) in [6.07, 6.45) is 2.25. The molecule has 1 aromatic heterocycles. The number of rotatable bonds is 2. The van der Waals surface area contributed by atoms with E-state index in [1.165, 1.54) is 6.33 Å². The standard InChI is InChI=1S/C8H10BrFN2/c1-3-5(2)7-6(10)8(9)12-4-11-7/h4-5H,3H2,1-2H3. The Bertz CT molecular complexity index is 278. The SMILES string of the molecule is CCC(C)c1ncnc(Br)c1F. The monoisotopic (exact) mass is 232 g/mol. The smallest absolute Gasteiger partial charge is 0.177 e. The summed E-state index contributed by atoms with van der Waals surface area (Å²) >= 11 is 3.02. The maximum absolute atomic E-state index is 13.3. The Morgan fingerprint density at radius 1 is 1.58 bits per heavy atom. The van der Waals surface area contributed by atoms with Gasteiger partial charge in [-0.3, -0.25) is 0 Å². The predicted octanol–water partition coefficient (Wildman–Crippen LogP) is 2.89. The number of hydrogen-bond donors (Lipinski definition) is 0. The van der Waals surface area contributed by atoms with Gasteiger partial charge in [-0.05, 0) is 22.4 Å². The van der Waals surface area contributed by atoms with Crippen molar-refractivity contribution in [2.75, 3.05) is 0 Å². The molecule has 0 fully saturated rings. The average Bonchev–Trinajstić information content (AvgIpc) is 2.08. The van der Waals surface area contributed by atoms with E-state index >= 15 is 0 Å². The van der Waals surface area contributed by atoms with Gasteiger partial charge in [0.2, 0.25) is 0 Å². The number of nitrogens with zero attached hydrogens (tertiary/aromatic N) is 2. The quantitative estimate of drug-likeness (QED) is 0.734. The van der Waals surface area contributed by atoms with Crippen molar-refractivity contribution in [2.45, 2.75) is 26.2 Å². The molecule has 0 aliphatic heterocycles. The molecular formula is C8H10BrFN2. The van der Waals surface area contributed by atoms with Gasteiger partial charge in [-0.1, -0.05) is 13.8 Å². The van der Waals surface area contributed by atoms with Gasteiger partial charge in [-0.15, -0.1) is 0 Å². The van der Waals surface area contributed by atoms with Gasteiger partial charge in [0.05, 0.1) is 5.69 Å². The fourth-order valence-corrected chi connectivity index (χ4v) is 1.19. The van der Waals surface area contributed by atoms with Crippen LogP contribution in [0, 0.1) is 5.82 Å². The summed E-state index contributed by atoms with van der Waals surface area (Å²) in [5.74, 6) is -0.198. The Hall–Kier alpha value is -0.510. The van der Waals surface area contributed by atoms with Crippen LogP contribution in [0.15, 0.2) is 10.9 Å². The third-order valence-electron chi connectivity index (χ3n) is 1.85. The molecule has 0 saturated carbocycles. The van der Waals surface area contributed by atoms with Crippen LogP contribution in [0.5, 0.6) is 0 Å². The molecule has 0 spiro atoms. The summed E-state index contributed by atoms with van der Waals surface area (Å²) in [6.45, 7) is 3.94. The molecule has 12 heavy (non-hydrogen) atoms. The second kappa shape index (κ2) is 3.94. The first-order valence-corrected chi connectivity index (χ1v) is 4.62. The molecular weight excluding hydrogens is 223 g/mol. The summed E-state index contributed by atoms with van der Waals surface area (Å²) < 4.78 is 13.5. The van der Waals surface area contributed by atoms with Crippen molar-refractivity contribution in [1.82, 2.24) is 9.97 Å². The van der Waals surface area contributed by atoms with E-state index < -0.39 is 0 Å². The van der Waals surface area contributed by atoms with Crippen LogP contribution >= 0.6 is 15.9 Å². The van der Waals surface area contributed by atoms with Gasteiger partial charge in [0.15, 0.2) is 5.82 Å². The lowest BCUT2D eigenvalue weighted by molar-refractivity contribution is 0.553. The highest BCUT2D eigenvalue weighted by Crippen LogP contribution is 2.22. The second-order valence-corrected chi connectivity index (χ2v) is 3.42. The van der Waals surface area contributed by atoms with Crippen molar-refractivity contribution in [1.29, 1.82) is 0 Å². The molecule has 0 bridgehead atoms. The van der Waals surface area contributed by atoms with Crippen LogP contribution in [0.2, 0.25) is 0 Å². The fraction of sp³-hybridized carbons (Fsp3) is 0.500. The number of aromatic nitrogens is 2. The summed E-state index contributed by atoms with van der Waals surface area (Å²) in [5, 5.41) is 0. The zero-order chi connectivity index (χ0) is 9.14. The summed E-state index contributed by atoms with van der Waals surface area (Å²) in [7, 11) is 0. The number of halogens is 2. The molecule has 1 unspecified atom stereocenters. The second-order valence-electron chi connectivity index (χ2n) is 2.67. The molecule has 2 nitrogen and oxygen atoms in total. The molecule has 0 N–H and O–H groups in total. The maximum Gasteiger partial charge on any atom is 0.177 e. The van der Waals surface area contributed by atoms with Gasteiger partial charge < -0.3 is 0 Å². The van der Waals surface area contributed by atoms with E-state index in [1.54, 1.807) is 0 Å². The van der Waals surface area contributed by atoms with Crippen molar-refractivity contribution in [3.05, 3.63) is 22.4 Å². The molecule has 1 aromatic rings. The minimum absolute atomic E-state index is 0.143. The van der Waals surface area contributed by atoms with Gasteiger partial charge in [-0.25, -0.2) is 14.4 Å². The molecule has 0 aliphatic rings. The van der Waals surface area contributed by atoms with Crippen LogP contribution in [0.25, 0.3) is 0 Å². The van der Waals surface area contributed by atoms with Crippen LogP contribution in [0.4, 0.5) is 4.39 Å². The number of hydrogen-bond acceptors (Lipinski definition) is 2. The Balaban J connectivity index is 3.07. The molecule has 0 saturated heterocycles. The van der Waals surface area contributed by atoms with Gasteiger partial charge in [-0.2, -0.15) is 0 Å². The lowest BCUT2D eigenvalue weighted by Gasteiger charge is -2.08. The Labute approximate surface area is 79.4 Å². The minimum Gasteiger partial charge on any atom is -0.238 e. The van der Waals surface area contributed by atoms with Crippen LogP contribution in [0.1, 0.15) is 31.9 Å². The van der Waals surface area contributed by atoms with E-state index in [2.05, 4.69) is 25.9 Å². The van der Waals surface area contributed by atoms with E-state index in [9.17, 15) is 4.39 Å². The highest BCUT2D eigenvalue weighted by atomic mass is 79.9. The molecule has 1 rings (SSSR count). The first-order chi connectivity index (χ1) is 5.66. The van der Waals surface area contributed by atoms with Crippen molar-refractivity contribution in [3.63, 3.8) is 0 Å².